The summed E-state index contributed by atoms with van der Waals surface area (Å²) in [5.41, 5.74) is 2.07. The molecule has 1 saturated carbocycles. The molecule has 1 amide bonds. The standard InChI is InChI=1S/C17H25N3O2/c21-12-11-20(16-7-8-16)13-17(22)18-14-3-5-15(6-4-14)19-9-1-2-10-19/h3-6,16,21H,1-2,7-13H2,(H,18,22). The number of nitrogens with one attached hydrogen (secondary N) is 1. The van der Waals surface area contributed by atoms with E-state index in [1.165, 1.54) is 18.5 Å². The van der Waals surface area contributed by atoms with Crippen molar-refractivity contribution >= 4 is 17.3 Å². The fraction of sp³-hybridized carbons (Fsp3) is 0.588. The van der Waals surface area contributed by atoms with Gasteiger partial charge in [0, 0.05) is 37.1 Å². The van der Waals surface area contributed by atoms with Gasteiger partial charge in [-0.3, -0.25) is 9.69 Å². The average molecular weight is 303 g/mol. The molecule has 0 atom stereocenters. The monoisotopic (exact) mass is 303 g/mol. The Morgan fingerprint density at radius 1 is 1.23 bits per heavy atom. The van der Waals surface area contributed by atoms with Gasteiger partial charge in [-0.25, -0.2) is 0 Å². The summed E-state index contributed by atoms with van der Waals surface area (Å²) in [4.78, 5) is 16.6. The molecule has 1 aliphatic heterocycles. The van der Waals surface area contributed by atoms with Gasteiger partial charge in [-0.2, -0.15) is 0 Å². The molecule has 2 fully saturated rings. The topological polar surface area (TPSA) is 55.8 Å². The Bertz CT molecular complexity index is 493. The van der Waals surface area contributed by atoms with Crippen LogP contribution in [0.2, 0.25) is 0 Å². The van der Waals surface area contributed by atoms with Crippen LogP contribution >= 0.6 is 0 Å². The fourth-order valence-corrected chi connectivity index (χ4v) is 3.07. The van der Waals surface area contributed by atoms with Crippen molar-refractivity contribution in [3.63, 3.8) is 0 Å². The van der Waals surface area contributed by atoms with E-state index in [2.05, 4.69) is 27.2 Å². The predicted octanol–water partition coefficient (Wildman–Crippen LogP) is 1.68. The third kappa shape index (κ3) is 3.99. The smallest absolute Gasteiger partial charge is 0.238 e. The third-order valence-corrected chi connectivity index (χ3v) is 4.42. The molecule has 2 N–H and O–H groups in total. The highest BCUT2D eigenvalue weighted by molar-refractivity contribution is 5.92. The first-order valence-electron chi connectivity index (χ1n) is 8.26. The van der Waals surface area contributed by atoms with Crippen LogP contribution in [0, 0.1) is 0 Å². The summed E-state index contributed by atoms with van der Waals surface area (Å²) in [5.74, 6) is -0.00530. The summed E-state index contributed by atoms with van der Waals surface area (Å²) in [6.45, 7) is 3.30. The minimum Gasteiger partial charge on any atom is -0.395 e. The first-order chi connectivity index (χ1) is 10.8. The molecule has 1 aromatic carbocycles. The van der Waals surface area contributed by atoms with E-state index in [1.54, 1.807) is 0 Å². The van der Waals surface area contributed by atoms with Gasteiger partial charge in [-0.1, -0.05) is 0 Å². The van der Waals surface area contributed by atoms with E-state index in [4.69, 9.17) is 5.11 Å². The van der Waals surface area contributed by atoms with Crippen LogP contribution in [0.1, 0.15) is 25.7 Å². The molecule has 0 aromatic heterocycles. The van der Waals surface area contributed by atoms with Crippen molar-refractivity contribution in [2.24, 2.45) is 0 Å². The van der Waals surface area contributed by atoms with E-state index < -0.39 is 0 Å². The highest BCUT2D eigenvalue weighted by Crippen LogP contribution is 2.26. The number of amides is 1. The summed E-state index contributed by atoms with van der Waals surface area (Å²) >= 11 is 0. The van der Waals surface area contributed by atoms with Gasteiger partial charge in [0.25, 0.3) is 0 Å². The molecular formula is C17H25N3O2. The molecule has 5 heteroatoms. The maximum Gasteiger partial charge on any atom is 0.238 e. The summed E-state index contributed by atoms with van der Waals surface area (Å²) in [6.07, 6.45) is 4.80. The molecule has 5 nitrogen and oxygen atoms in total. The van der Waals surface area contributed by atoms with Crippen molar-refractivity contribution < 1.29 is 9.90 Å². The Morgan fingerprint density at radius 3 is 2.50 bits per heavy atom. The number of aliphatic hydroxyl groups is 1. The lowest BCUT2D eigenvalue weighted by molar-refractivity contribution is -0.117. The van der Waals surface area contributed by atoms with Gasteiger partial charge in [0.2, 0.25) is 5.91 Å². The second-order valence-corrected chi connectivity index (χ2v) is 6.21. The maximum atomic E-state index is 12.1. The number of aliphatic hydroxyl groups excluding tert-OH is 1. The Labute approximate surface area is 131 Å². The Balaban J connectivity index is 1.52. The van der Waals surface area contributed by atoms with Crippen LogP contribution in [0.3, 0.4) is 0 Å². The zero-order valence-electron chi connectivity index (χ0n) is 13.0. The number of hydrogen-bond donors (Lipinski definition) is 2. The second kappa shape index (κ2) is 7.11. The van der Waals surface area contributed by atoms with Gasteiger partial charge in [0.05, 0.1) is 13.2 Å². The number of carbonyl (C=O) groups excluding carboxylic acids is 1. The number of carbonyl (C=O) groups is 1. The van der Waals surface area contributed by atoms with Crippen molar-refractivity contribution in [3.05, 3.63) is 24.3 Å². The Morgan fingerprint density at radius 2 is 1.91 bits per heavy atom. The molecule has 3 rings (SSSR count). The molecule has 22 heavy (non-hydrogen) atoms. The Hall–Kier alpha value is -1.59. The summed E-state index contributed by atoms with van der Waals surface area (Å²) in [7, 11) is 0. The number of benzene rings is 1. The quantitative estimate of drug-likeness (QED) is 0.805. The Kier molecular flexibility index (Phi) is 4.95. The molecular weight excluding hydrogens is 278 g/mol. The van der Waals surface area contributed by atoms with Crippen LogP contribution in [-0.4, -0.2) is 54.7 Å². The van der Waals surface area contributed by atoms with Crippen LogP contribution < -0.4 is 10.2 Å². The number of nitrogens with zero attached hydrogens (tertiary/aromatic N) is 2. The van der Waals surface area contributed by atoms with Crippen molar-refractivity contribution in [2.75, 3.05) is 43.0 Å². The number of anilines is 2. The summed E-state index contributed by atoms with van der Waals surface area (Å²) in [6, 6.07) is 8.58. The lowest BCUT2D eigenvalue weighted by Crippen LogP contribution is -2.36. The van der Waals surface area contributed by atoms with Gasteiger partial charge in [-0.15, -0.1) is 0 Å². The molecule has 120 valence electrons. The van der Waals surface area contributed by atoms with E-state index in [-0.39, 0.29) is 12.5 Å². The second-order valence-electron chi connectivity index (χ2n) is 6.21. The van der Waals surface area contributed by atoms with Crippen LogP contribution in [0.15, 0.2) is 24.3 Å². The summed E-state index contributed by atoms with van der Waals surface area (Å²) in [5, 5.41) is 12.0. The molecule has 1 aliphatic carbocycles. The fourth-order valence-electron chi connectivity index (χ4n) is 3.07. The molecule has 1 aromatic rings. The normalized spacial score (nSPS) is 18.0. The van der Waals surface area contributed by atoms with E-state index in [1.807, 2.05) is 12.1 Å². The minimum absolute atomic E-state index is 0.00530. The molecule has 0 radical (unpaired) electrons. The van der Waals surface area contributed by atoms with Gasteiger partial charge >= 0.3 is 0 Å². The highest BCUT2D eigenvalue weighted by Gasteiger charge is 2.29. The van der Waals surface area contributed by atoms with Crippen molar-refractivity contribution in [1.29, 1.82) is 0 Å². The van der Waals surface area contributed by atoms with Crippen molar-refractivity contribution in [1.82, 2.24) is 4.90 Å². The first-order valence-corrected chi connectivity index (χ1v) is 8.26. The number of hydrogen-bond acceptors (Lipinski definition) is 4. The molecule has 2 aliphatic rings. The van der Waals surface area contributed by atoms with Crippen molar-refractivity contribution in [3.8, 4) is 0 Å². The highest BCUT2D eigenvalue weighted by atomic mass is 16.3. The lowest BCUT2D eigenvalue weighted by Gasteiger charge is -2.20. The predicted molar refractivity (Wildman–Crippen MR) is 88.2 cm³/mol. The zero-order valence-corrected chi connectivity index (χ0v) is 13.0. The average Bonchev–Trinajstić information content (AvgIpc) is 3.22. The van der Waals surface area contributed by atoms with Gasteiger partial charge in [0.1, 0.15) is 0 Å². The summed E-state index contributed by atoms with van der Waals surface area (Å²) < 4.78 is 0. The van der Waals surface area contributed by atoms with Gasteiger partial charge < -0.3 is 15.3 Å². The van der Waals surface area contributed by atoms with Crippen molar-refractivity contribution in [2.45, 2.75) is 31.7 Å². The molecule has 1 saturated heterocycles. The largest absolute Gasteiger partial charge is 0.395 e. The maximum absolute atomic E-state index is 12.1. The van der Waals surface area contributed by atoms with Crippen LogP contribution in [0.25, 0.3) is 0 Å². The van der Waals surface area contributed by atoms with Crippen LogP contribution in [0.4, 0.5) is 11.4 Å². The number of rotatable bonds is 7. The van der Waals surface area contributed by atoms with E-state index in [0.29, 0.717) is 19.1 Å². The molecule has 0 spiro atoms. The van der Waals surface area contributed by atoms with Gasteiger partial charge in [-0.05, 0) is 49.9 Å². The molecule has 1 heterocycles. The lowest BCUT2D eigenvalue weighted by atomic mass is 10.2. The van der Waals surface area contributed by atoms with E-state index >= 15 is 0 Å². The molecule has 0 unspecified atom stereocenters. The zero-order chi connectivity index (χ0) is 15.4. The third-order valence-electron chi connectivity index (χ3n) is 4.42. The van der Waals surface area contributed by atoms with Crippen LogP contribution in [-0.2, 0) is 4.79 Å². The minimum atomic E-state index is -0.00530. The van der Waals surface area contributed by atoms with E-state index in [0.717, 1.165) is 31.6 Å². The SMILES string of the molecule is O=C(CN(CCO)C1CC1)Nc1ccc(N2CCCC2)cc1. The van der Waals surface area contributed by atoms with Gasteiger partial charge in [0.15, 0.2) is 0 Å². The van der Waals surface area contributed by atoms with E-state index in [9.17, 15) is 4.79 Å². The molecule has 0 bridgehead atoms. The first kappa shape index (κ1) is 15.3. The van der Waals surface area contributed by atoms with Crippen LogP contribution in [0.5, 0.6) is 0 Å².